The molecule has 0 amide bonds. The molecule has 1 aromatic heterocycles. The standard InChI is InChI=1S/C27H42N2O/c1-5-26(30)21-28(18-22-10-7-6-8-11-22)20-25-12-9-17-29(25)19-23-13-15-24(16-14-23)27(2,3)4/h9,12-17,22,26,30H,5-8,10-11,18-21H2,1-4H3/t26-/m1/s1. The van der Waals surface area contributed by atoms with Gasteiger partial charge in [0.15, 0.2) is 0 Å². The highest BCUT2D eigenvalue weighted by Gasteiger charge is 2.20. The molecule has 0 aliphatic heterocycles. The Morgan fingerprint density at radius 1 is 1.07 bits per heavy atom. The van der Waals surface area contributed by atoms with E-state index < -0.39 is 0 Å². The molecule has 1 aliphatic rings. The van der Waals surface area contributed by atoms with E-state index in [1.807, 2.05) is 0 Å². The third-order valence-electron chi connectivity index (χ3n) is 6.66. The van der Waals surface area contributed by atoms with Crippen molar-refractivity contribution in [1.29, 1.82) is 0 Å². The lowest BCUT2D eigenvalue weighted by atomic mass is 9.87. The Hall–Kier alpha value is -1.58. The van der Waals surface area contributed by atoms with Crippen LogP contribution in [0.1, 0.15) is 83.0 Å². The summed E-state index contributed by atoms with van der Waals surface area (Å²) >= 11 is 0. The van der Waals surface area contributed by atoms with E-state index in [0.29, 0.717) is 0 Å². The number of aliphatic hydroxyl groups is 1. The minimum absolute atomic E-state index is 0.191. The average Bonchev–Trinajstić information content (AvgIpc) is 3.14. The van der Waals surface area contributed by atoms with Crippen LogP contribution in [-0.4, -0.2) is 33.8 Å². The monoisotopic (exact) mass is 410 g/mol. The van der Waals surface area contributed by atoms with Gasteiger partial charge in [-0.25, -0.2) is 0 Å². The smallest absolute Gasteiger partial charge is 0.0664 e. The maximum Gasteiger partial charge on any atom is 0.0664 e. The SMILES string of the molecule is CC[C@@H](O)CN(Cc1cccn1Cc1ccc(C(C)(C)C)cc1)CC1CCCCC1. The molecule has 1 heterocycles. The van der Waals surface area contributed by atoms with Crippen LogP contribution < -0.4 is 0 Å². The Morgan fingerprint density at radius 2 is 1.77 bits per heavy atom. The van der Waals surface area contributed by atoms with Crippen molar-refractivity contribution in [3.63, 3.8) is 0 Å². The van der Waals surface area contributed by atoms with E-state index >= 15 is 0 Å². The van der Waals surface area contributed by atoms with E-state index in [-0.39, 0.29) is 11.5 Å². The summed E-state index contributed by atoms with van der Waals surface area (Å²) < 4.78 is 2.37. The lowest BCUT2D eigenvalue weighted by Crippen LogP contribution is -2.36. The van der Waals surface area contributed by atoms with Gasteiger partial charge in [-0.1, -0.05) is 71.2 Å². The minimum atomic E-state index is -0.234. The second-order valence-electron chi connectivity index (χ2n) is 10.3. The minimum Gasteiger partial charge on any atom is -0.392 e. The Kier molecular flexibility index (Phi) is 8.19. The summed E-state index contributed by atoms with van der Waals surface area (Å²) in [5.74, 6) is 0.788. The molecule has 0 saturated heterocycles. The fraction of sp³-hybridized carbons (Fsp3) is 0.630. The predicted octanol–water partition coefficient (Wildman–Crippen LogP) is 5.99. The summed E-state index contributed by atoms with van der Waals surface area (Å²) in [6.45, 7) is 12.6. The van der Waals surface area contributed by atoms with Crippen molar-refractivity contribution in [2.45, 2.75) is 90.8 Å². The van der Waals surface area contributed by atoms with Crippen LogP contribution in [0.2, 0.25) is 0 Å². The normalized spacial score (nSPS) is 16.9. The Bertz CT molecular complexity index is 750. The fourth-order valence-electron chi connectivity index (χ4n) is 4.65. The van der Waals surface area contributed by atoms with E-state index in [1.165, 1.54) is 48.9 Å². The molecule has 1 fully saturated rings. The van der Waals surface area contributed by atoms with Gasteiger partial charge in [0.2, 0.25) is 0 Å². The molecule has 0 radical (unpaired) electrons. The van der Waals surface area contributed by atoms with Crippen LogP contribution in [0.5, 0.6) is 0 Å². The third kappa shape index (κ3) is 6.72. The van der Waals surface area contributed by atoms with Gasteiger partial charge in [0, 0.05) is 38.1 Å². The molecule has 0 unspecified atom stereocenters. The first-order chi connectivity index (χ1) is 14.3. The summed E-state index contributed by atoms with van der Waals surface area (Å²) in [5.41, 5.74) is 4.25. The highest BCUT2D eigenvalue weighted by molar-refractivity contribution is 5.28. The van der Waals surface area contributed by atoms with E-state index in [4.69, 9.17) is 0 Å². The first-order valence-electron chi connectivity index (χ1n) is 12.0. The van der Waals surface area contributed by atoms with E-state index in [9.17, 15) is 5.11 Å². The van der Waals surface area contributed by atoms with Crippen molar-refractivity contribution in [3.8, 4) is 0 Å². The zero-order chi connectivity index (χ0) is 21.6. The molecule has 1 aromatic carbocycles. The van der Waals surface area contributed by atoms with Crippen molar-refractivity contribution in [3.05, 3.63) is 59.4 Å². The van der Waals surface area contributed by atoms with Gasteiger partial charge in [-0.3, -0.25) is 4.90 Å². The number of nitrogens with zero attached hydrogens (tertiary/aromatic N) is 2. The molecular weight excluding hydrogens is 368 g/mol. The van der Waals surface area contributed by atoms with Crippen LogP contribution in [0.3, 0.4) is 0 Å². The van der Waals surface area contributed by atoms with Gasteiger partial charge in [-0.2, -0.15) is 0 Å². The molecule has 1 N–H and O–H groups in total. The number of aromatic nitrogens is 1. The van der Waals surface area contributed by atoms with Gasteiger partial charge in [0.25, 0.3) is 0 Å². The van der Waals surface area contributed by atoms with Gasteiger partial charge in [0.05, 0.1) is 6.10 Å². The zero-order valence-corrected chi connectivity index (χ0v) is 19.6. The van der Waals surface area contributed by atoms with Gasteiger partial charge in [0.1, 0.15) is 0 Å². The third-order valence-corrected chi connectivity index (χ3v) is 6.66. The van der Waals surface area contributed by atoms with Crippen LogP contribution in [0.15, 0.2) is 42.6 Å². The second kappa shape index (κ2) is 10.6. The largest absolute Gasteiger partial charge is 0.392 e. The second-order valence-corrected chi connectivity index (χ2v) is 10.3. The van der Waals surface area contributed by atoms with Crippen LogP contribution in [-0.2, 0) is 18.5 Å². The van der Waals surface area contributed by atoms with Crippen molar-refractivity contribution in [1.82, 2.24) is 9.47 Å². The van der Waals surface area contributed by atoms with Crippen LogP contribution in [0, 0.1) is 5.92 Å². The summed E-state index contributed by atoms with van der Waals surface area (Å²) in [6, 6.07) is 13.5. The van der Waals surface area contributed by atoms with Crippen LogP contribution in [0.4, 0.5) is 0 Å². The van der Waals surface area contributed by atoms with Gasteiger partial charge < -0.3 is 9.67 Å². The molecule has 0 bridgehead atoms. The summed E-state index contributed by atoms with van der Waals surface area (Å²) in [4.78, 5) is 2.50. The van der Waals surface area contributed by atoms with Crippen molar-refractivity contribution < 1.29 is 5.11 Å². The molecule has 30 heavy (non-hydrogen) atoms. The molecule has 3 rings (SSSR count). The number of hydrogen-bond acceptors (Lipinski definition) is 2. The summed E-state index contributed by atoms with van der Waals surface area (Å²) in [6.07, 6.45) is 9.61. The van der Waals surface area contributed by atoms with Crippen LogP contribution in [0.25, 0.3) is 0 Å². The Balaban J connectivity index is 1.67. The quantitative estimate of drug-likeness (QED) is 0.550. The highest BCUT2D eigenvalue weighted by Crippen LogP contribution is 2.26. The number of aliphatic hydroxyl groups excluding tert-OH is 1. The van der Waals surface area contributed by atoms with E-state index in [0.717, 1.165) is 38.5 Å². The lowest BCUT2D eigenvalue weighted by Gasteiger charge is -2.31. The predicted molar refractivity (Wildman–Crippen MR) is 127 cm³/mol. The molecule has 166 valence electrons. The zero-order valence-electron chi connectivity index (χ0n) is 19.6. The molecular formula is C27H42N2O. The van der Waals surface area contributed by atoms with Gasteiger partial charge >= 0.3 is 0 Å². The molecule has 0 spiro atoms. The maximum absolute atomic E-state index is 10.3. The van der Waals surface area contributed by atoms with E-state index in [2.05, 4.69) is 79.8 Å². The summed E-state index contributed by atoms with van der Waals surface area (Å²) in [7, 11) is 0. The lowest BCUT2D eigenvalue weighted by molar-refractivity contribution is 0.0889. The average molecular weight is 411 g/mol. The van der Waals surface area contributed by atoms with E-state index in [1.54, 1.807) is 0 Å². The maximum atomic E-state index is 10.3. The van der Waals surface area contributed by atoms with Crippen molar-refractivity contribution >= 4 is 0 Å². The molecule has 1 aliphatic carbocycles. The fourth-order valence-corrected chi connectivity index (χ4v) is 4.65. The molecule has 2 aromatic rings. The topological polar surface area (TPSA) is 28.4 Å². The Labute approximate surface area is 184 Å². The Morgan fingerprint density at radius 3 is 2.40 bits per heavy atom. The van der Waals surface area contributed by atoms with Gasteiger partial charge in [-0.15, -0.1) is 0 Å². The molecule has 1 saturated carbocycles. The first-order valence-corrected chi connectivity index (χ1v) is 12.0. The summed E-state index contributed by atoms with van der Waals surface area (Å²) in [5, 5.41) is 10.3. The van der Waals surface area contributed by atoms with Crippen molar-refractivity contribution in [2.75, 3.05) is 13.1 Å². The molecule has 3 nitrogen and oxygen atoms in total. The number of benzene rings is 1. The molecule has 1 atom stereocenters. The van der Waals surface area contributed by atoms with Crippen molar-refractivity contribution in [2.24, 2.45) is 5.92 Å². The number of hydrogen-bond donors (Lipinski definition) is 1. The molecule has 3 heteroatoms. The van der Waals surface area contributed by atoms with Crippen LogP contribution >= 0.6 is 0 Å². The number of rotatable bonds is 9. The van der Waals surface area contributed by atoms with Gasteiger partial charge in [-0.05, 0) is 53.9 Å². The highest BCUT2D eigenvalue weighted by atomic mass is 16.3. The first kappa shape index (κ1) is 23.1.